The quantitative estimate of drug-likeness (QED) is 0.620. The highest BCUT2D eigenvalue weighted by atomic mass is 15.0. The molecule has 3 heterocycles. The molecule has 14 heavy (non-hydrogen) atoms. The van der Waals surface area contributed by atoms with Gasteiger partial charge in [0.2, 0.25) is 0 Å². The fourth-order valence-electron chi connectivity index (χ4n) is 1.79. The van der Waals surface area contributed by atoms with Crippen molar-refractivity contribution in [1.29, 1.82) is 0 Å². The average molecular weight is 185 g/mol. The minimum absolute atomic E-state index is 0.948. The van der Waals surface area contributed by atoms with Crippen LogP contribution in [-0.4, -0.2) is 14.4 Å². The molecular weight excluding hydrogens is 174 g/mol. The van der Waals surface area contributed by atoms with E-state index in [-0.39, 0.29) is 0 Å². The minimum atomic E-state index is 0.948. The topological polar surface area (TPSA) is 33.1 Å². The summed E-state index contributed by atoms with van der Waals surface area (Å²) < 4.78 is 2.10. The number of nitrogens with zero attached hydrogens (tertiary/aromatic N) is 2. The third kappa shape index (κ3) is 0.894. The second-order valence-electron chi connectivity index (χ2n) is 3.41. The van der Waals surface area contributed by atoms with Crippen molar-refractivity contribution >= 4 is 16.7 Å². The van der Waals surface area contributed by atoms with E-state index in [1.165, 1.54) is 5.52 Å². The summed E-state index contributed by atoms with van der Waals surface area (Å²) in [6.07, 6.45) is 2.99. The maximum atomic E-state index is 4.53. The van der Waals surface area contributed by atoms with E-state index < -0.39 is 0 Å². The highest BCUT2D eigenvalue weighted by Gasteiger charge is 2.06. The maximum absolute atomic E-state index is 4.53. The molecule has 1 N–H and O–H groups in total. The Balaban J connectivity index is 2.45. The van der Waals surface area contributed by atoms with E-state index in [9.17, 15) is 0 Å². The first-order valence-electron chi connectivity index (χ1n) is 4.83. The lowest BCUT2D eigenvalue weighted by Gasteiger charge is -1.92. The van der Waals surface area contributed by atoms with Gasteiger partial charge in [-0.1, -0.05) is 13.0 Å². The molecule has 3 aromatic heterocycles. The van der Waals surface area contributed by atoms with E-state index >= 15 is 0 Å². The Bertz CT molecular complexity index is 589. The van der Waals surface area contributed by atoms with Crippen LogP contribution in [0.3, 0.4) is 0 Å². The highest BCUT2D eigenvalue weighted by molar-refractivity contribution is 5.81. The van der Waals surface area contributed by atoms with Gasteiger partial charge in [-0.15, -0.1) is 0 Å². The zero-order valence-electron chi connectivity index (χ0n) is 7.99. The Hall–Kier alpha value is -1.77. The number of pyridine rings is 1. The molecule has 0 saturated heterocycles. The summed E-state index contributed by atoms with van der Waals surface area (Å²) in [5.41, 5.74) is 3.33. The zero-order valence-corrected chi connectivity index (χ0v) is 7.99. The third-order valence-corrected chi connectivity index (χ3v) is 2.51. The van der Waals surface area contributed by atoms with Crippen LogP contribution < -0.4 is 0 Å². The molecule has 0 aliphatic rings. The summed E-state index contributed by atoms with van der Waals surface area (Å²) in [5, 5.41) is 0. The van der Waals surface area contributed by atoms with E-state index in [2.05, 4.69) is 33.4 Å². The van der Waals surface area contributed by atoms with Gasteiger partial charge < -0.3 is 4.98 Å². The Kier molecular flexibility index (Phi) is 1.42. The second kappa shape index (κ2) is 2.61. The molecular formula is C11H11N3. The number of H-pyrrole nitrogens is 1. The van der Waals surface area contributed by atoms with Gasteiger partial charge in [-0.2, -0.15) is 0 Å². The summed E-state index contributed by atoms with van der Waals surface area (Å²) >= 11 is 0. The molecule has 0 fully saturated rings. The van der Waals surface area contributed by atoms with E-state index in [1.54, 1.807) is 0 Å². The molecule has 3 nitrogen and oxygen atoms in total. The Morgan fingerprint density at radius 3 is 3.21 bits per heavy atom. The van der Waals surface area contributed by atoms with Crippen molar-refractivity contribution in [3.8, 4) is 0 Å². The van der Waals surface area contributed by atoms with Crippen LogP contribution >= 0.6 is 0 Å². The first-order chi connectivity index (χ1) is 6.88. The minimum Gasteiger partial charge on any atom is -0.341 e. The van der Waals surface area contributed by atoms with Crippen LogP contribution in [0.2, 0.25) is 0 Å². The Labute approximate surface area is 81.4 Å². The van der Waals surface area contributed by atoms with Crippen molar-refractivity contribution in [3.05, 3.63) is 36.3 Å². The average Bonchev–Trinajstić information content (AvgIpc) is 2.73. The van der Waals surface area contributed by atoms with Gasteiger partial charge in [0.05, 0.1) is 5.52 Å². The number of fused-ring (bicyclic) bond motifs is 3. The monoisotopic (exact) mass is 185 g/mol. The van der Waals surface area contributed by atoms with E-state index in [4.69, 9.17) is 0 Å². The predicted octanol–water partition coefficient (Wildman–Crippen LogP) is 2.38. The van der Waals surface area contributed by atoms with Crippen molar-refractivity contribution in [3.63, 3.8) is 0 Å². The fraction of sp³-hybridized carbons (Fsp3) is 0.182. The maximum Gasteiger partial charge on any atom is 0.163 e. The van der Waals surface area contributed by atoms with Crippen LogP contribution in [0.5, 0.6) is 0 Å². The van der Waals surface area contributed by atoms with Gasteiger partial charge in [-0.25, -0.2) is 4.98 Å². The first-order valence-corrected chi connectivity index (χ1v) is 4.83. The summed E-state index contributed by atoms with van der Waals surface area (Å²) in [5.74, 6) is 1.05. The van der Waals surface area contributed by atoms with Crippen molar-refractivity contribution in [2.45, 2.75) is 13.3 Å². The van der Waals surface area contributed by atoms with Gasteiger partial charge in [-0.3, -0.25) is 4.40 Å². The number of hydrogen-bond acceptors (Lipinski definition) is 1. The van der Waals surface area contributed by atoms with Gasteiger partial charge in [0.15, 0.2) is 5.65 Å². The van der Waals surface area contributed by atoms with Crippen molar-refractivity contribution in [2.75, 3.05) is 0 Å². The summed E-state index contributed by atoms with van der Waals surface area (Å²) in [7, 11) is 0. The number of aromatic amines is 1. The van der Waals surface area contributed by atoms with Crippen molar-refractivity contribution in [2.24, 2.45) is 0 Å². The van der Waals surface area contributed by atoms with Crippen molar-refractivity contribution in [1.82, 2.24) is 14.4 Å². The van der Waals surface area contributed by atoms with Gasteiger partial charge >= 0.3 is 0 Å². The highest BCUT2D eigenvalue weighted by Crippen LogP contribution is 2.17. The third-order valence-electron chi connectivity index (χ3n) is 2.51. The van der Waals surface area contributed by atoms with Gasteiger partial charge in [0.1, 0.15) is 5.82 Å². The molecule has 3 rings (SSSR count). The summed E-state index contributed by atoms with van der Waals surface area (Å²) in [6.45, 7) is 2.10. The number of nitrogens with one attached hydrogen (secondary N) is 1. The number of rotatable bonds is 1. The van der Waals surface area contributed by atoms with Crippen LogP contribution in [0, 0.1) is 0 Å². The van der Waals surface area contributed by atoms with Gasteiger partial charge in [0, 0.05) is 18.1 Å². The number of aryl methyl sites for hydroxylation is 1. The largest absolute Gasteiger partial charge is 0.341 e. The summed E-state index contributed by atoms with van der Waals surface area (Å²) in [4.78, 5) is 7.83. The normalized spacial score (nSPS) is 11.5. The molecule has 0 radical (unpaired) electrons. The van der Waals surface area contributed by atoms with Crippen LogP contribution in [0.4, 0.5) is 0 Å². The zero-order chi connectivity index (χ0) is 9.54. The molecule has 0 saturated carbocycles. The smallest absolute Gasteiger partial charge is 0.163 e. The van der Waals surface area contributed by atoms with E-state index in [0.717, 1.165) is 23.4 Å². The lowest BCUT2D eigenvalue weighted by Crippen LogP contribution is -1.85. The predicted molar refractivity (Wildman–Crippen MR) is 56.4 cm³/mol. The van der Waals surface area contributed by atoms with Crippen molar-refractivity contribution < 1.29 is 0 Å². The van der Waals surface area contributed by atoms with E-state index in [1.807, 2.05) is 18.3 Å². The SMILES string of the molecule is CCc1nc2c(cc3ccccn32)[nH]1. The second-order valence-corrected chi connectivity index (χ2v) is 3.41. The molecule has 3 heteroatoms. The number of aromatic nitrogens is 3. The molecule has 0 unspecified atom stereocenters. The molecule has 70 valence electrons. The molecule has 0 atom stereocenters. The molecule has 0 aliphatic carbocycles. The van der Waals surface area contributed by atoms with Crippen LogP contribution in [0.1, 0.15) is 12.7 Å². The van der Waals surface area contributed by atoms with Crippen LogP contribution in [0.15, 0.2) is 30.5 Å². The molecule has 0 spiro atoms. The van der Waals surface area contributed by atoms with E-state index in [0.29, 0.717) is 0 Å². The number of imidazole rings is 1. The van der Waals surface area contributed by atoms with Crippen LogP contribution in [-0.2, 0) is 6.42 Å². The lowest BCUT2D eigenvalue weighted by atomic mass is 10.4. The lowest BCUT2D eigenvalue weighted by molar-refractivity contribution is 0.991. The number of hydrogen-bond donors (Lipinski definition) is 1. The van der Waals surface area contributed by atoms with Gasteiger partial charge in [0.25, 0.3) is 0 Å². The molecule has 0 aromatic carbocycles. The molecule has 0 aliphatic heterocycles. The fourth-order valence-corrected chi connectivity index (χ4v) is 1.79. The Morgan fingerprint density at radius 2 is 2.36 bits per heavy atom. The molecule has 0 bridgehead atoms. The summed E-state index contributed by atoms with van der Waals surface area (Å²) in [6, 6.07) is 8.27. The first kappa shape index (κ1) is 7.62. The molecule has 0 amide bonds. The molecule has 3 aromatic rings. The van der Waals surface area contributed by atoms with Crippen LogP contribution in [0.25, 0.3) is 16.7 Å². The van der Waals surface area contributed by atoms with Gasteiger partial charge in [-0.05, 0) is 18.2 Å². The Morgan fingerprint density at radius 1 is 1.43 bits per heavy atom. The standard InChI is InChI=1S/C11H11N3/c1-2-10-12-9-7-8-5-3-4-6-14(8)11(9)13-10/h3-7H,2H2,1H3,(H,12,13).